The summed E-state index contributed by atoms with van der Waals surface area (Å²) in [6.45, 7) is 1.13. The highest BCUT2D eigenvalue weighted by Gasteiger charge is 2.33. The Bertz CT molecular complexity index is 568. The lowest BCUT2D eigenvalue weighted by Gasteiger charge is -2.33. The number of nitrogens with one attached hydrogen (secondary N) is 1. The van der Waals surface area contributed by atoms with E-state index in [1.807, 2.05) is 35.2 Å². The van der Waals surface area contributed by atoms with E-state index < -0.39 is 0 Å². The molecule has 0 bridgehead atoms. The molecule has 0 radical (unpaired) electrons. The van der Waals surface area contributed by atoms with Crippen LogP contribution < -0.4 is 5.32 Å². The van der Waals surface area contributed by atoms with E-state index in [0.717, 1.165) is 24.8 Å². The third-order valence-corrected chi connectivity index (χ3v) is 4.52. The minimum atomic E-state index is -0.151. The normalized spacial score (nSPS) is 25.5. The van der Waals surface area contributed by atoms with Crippen molar-refractivity contribution >= 4 is 11.8 Å². The Balaban J connectivity index is 1.86. The van der Waals surface area contributed by atoms with Gasteiger partial charge >= 0.3 is 0 Å². The largest absolute Gasteiger partial charge is 0.354 e. The molecule has 3 rings (SSSR count). The Kier molecular flexibility index (Phi) is 4.56. The molecule has 2 amide bonds. The molecule has 2 aliphatic rings. The predicted octanol–water partition coefficient (Wildman–Crippen LogP) is 2.43. The Morgan fingerprint density at radius 1 is 1.18 bits per heavy atom. The number of rotatable bonds is 2. The summed E-state index contributed by atoms with van der Waals surface area (Å²) >= 11 is 0. The minimum absolute atomic E-state index is 0.0210. The zero-order valence-electron chi connectivity index (χ0n) is 12.7. The zero-order chi connectivity index (χ0) is 15.4. The lowest BCUT2D eigenvalue weighted by molar-refractivity contribution is -0.138. The molecular formula is C18H22N2O2. The van der Waals surface area contributed by atoms with E-state index >= 15 is 0 Å². The van der Waals surface area contributed by atoms with Crippen molar-refractivity contribution < 1.29 is 9.59 Å². The highest BCUT2D eigenvalue weighted by Crippen LogP contribution is 2.30. The molecule has 1 aliphatic carbocycles. The smallest absolute Gasteiger partial charge is 0.226 e. The molecule has 0 aromatic heterocycles. The SMILES string of the molecule is O=C1CC(c2ccccc2)N(C(=O)C2CC=CCC2)CCN1. The average molecular weight is 298 g/mol. The summed E-state index contributed by atoms with van der Waals surface area (Å²) in [5.41, 5.74) is 1.04. The second kappa shape index (κ2) is 6.77. The summed E-state index contributed by atoms with van der Waals surface area (Å²) in [5.74, 6) is 0.270. The van der Waals surface area contributed by atoms with Crippen LogP contribution in [0.25, 0.3) is 0 Å². The molecule has 1 aromatic carbocycles. The lowest BCUT2D eigenvalue weighted by Crippen LogP contribution is -2.40. The molecule has 1 fully saturated rings. The molecule has 2 atom stereocenters. The van der Waals surface area contributed by atoms with Crippen molar-refractivity contribution in [3.63, 3.8) is 0 Å². The first-order valence-electron chi connectivity index (χ1n) is 8.03. The molecule has 116 valence electrons. The summed E-state index contributed by atoms with van der Waals surface area (Å²) in [6.07, 6.45) is 7.29. The van der Waals surface area contributed by atoms with Crippen molar-refractivity contribution in [1.29, 1.82) is 0 Å². The molecule has 1 aliphatic heterocycles. The van der Waals surface area contributed by atoms with Gasteiger partial charge in [-0.3, -0.25) is 9.59 Å². The summed E-state index contributed by atoms with van der Waals surface area (Å²) < 4.78 is 0. The van der Waals surface area contributed by atoms with Crippen molar-refractivity contribution in [3.8, 4) is 0 Å². The Morgan fingerprint density at radius 3 is 2.73 bits per heavy atom. The summed E-state index contributed by atoms with van der Waals surface area (Å²) in [5, 5.41) is 2.89. The quantitative estimate of drug-likeness (QED) is 0.853. The number of hydrogen-bond donors (Lipinski definition) is 1. The van der Waals surface area contributed by atoms with Crippen molar-refractivity contribution in [2.75, 3.05) is 13.1 Å². The summed E-state index contributed by atoms with van der Waals surface area (Å²) in [7, 11) is 0. The number of nitrogens with zero attached hydrogens (tertiary/aromatic N) is 1. The molecular weight excluding hydrogens is 276 g/mol. The van der Waals surface area contributed by atoms with Crippen LogP contribution in [0.5, 0.6) is 0 Å². The molecule has 4 nitrogen and oxygen atoms in total. The highest BCUT2D eigenvalue weighted by atomic mass is 16.2. The fourth-order valence-corrected chi connectivity index (χ4v) is 3.32. The molecule has 0 saturated carbocycles. The van der Waals surface area contributed by atoms with E-state index in [9.17, 15) is 9.59 Å². The Morgan fingerprint density at radius 2 is 2.00 bits per heavy atom. The topological polar surface area (TPSA) is 49.4 Å². The first-order valence-corrected chi connectivity index (χ1v) is 8.03. The van der Waals surface area contributed by atoms with Gasteiger partial charge in [0.2, 0.25) is 11.8 Å². The monoisotopic (exact) mass is 298 g/mol. The Labute approximate surface area is 131 Å². The van der Waals surface area contributed by atoms with Crippen molar-refractivity contribution in [3.05, 3.63) is 48.0 Å². The predicted molar refractivity (Wildman–Crippen MR) is 85.0 cm³/mol. The minimum Gasteiger partial charge on any atom is -0.354 e. The van der Waals surface area contributed by atoms with Gasteiger partial charge in [0.05, 0.1) is 12.5 Å². The van der Waals surface area contributed by atoms with E-state index in [0.29, 0.717) is 19.5 Å². The molecule has 1 N–H and O–H groups in total. The van der Waals surface area contributed by atoms with Gasteiger partial charge in [-0.2, -0.15) is 0 Å². The molecule has 22 heavy (non-hydrogen) atoms. The first kappa shape index (κ1) is 14.8. The van der Waals surface area contributed by atoms with E-state index in [1.165, 1.54) is 0 Å². The van der Waals surface area contributed by atoms with Gasteiger partial charge in [0.1, 0.15) is 0 Å². The van der Waals surface area contributed by atoms with Crippen LogP contribution in [0.15, 0.2) is 42.5 Å². The highest BCUT2D eigenvalue weighted by molar-refractivity contribution is 5.82. The van der Waals surface area contributed by atoms with Crippen LogP contribution >= 0.6 is 0 Å². The van der Waals surface area contributed by atoms with Gasteiger partial charge in [-0.15, -0.1) is 0 Å². The third kappa shape index (κ3) is 3.21. The fraction of sp³-hybridized carbons (Fsp3) is 0.444. The number of hydrogen-bond acceptors (Lipinski definition) is 2. The van der Waals surface area contributed by atoms with Gasteiger partial charge in [0, 0.05) is 19.0 Å². The van der Waals surface area contributed by atoms with Crippen LogP contribution in [-0.4, -0.2) is 29.8 Å². The molecule has 1 heterocycles. The molecule has 4 heteroatoms. The van der Waals surface area contributed by atoms with Gasteiger partial charge in [0.25, 0.3) is 0 Å². The van der Waals surface area contributed by atoms with Gasteiger partial charge in [0.15, 0.2) is 0 Å². The maximum atomic E-state index is 12.9. The lowest BCUT2D eigenvalue weighted by atomic mass is 9.91. The fourth-order valence-electron chi connectivity index (χ4n) is 3.32. The number of carbonyl (C=O) groups excluding carboxylic acids is 2. The number of carbonyl (C=O) groups is 2. The third-order valence-electron chi connectivity index (χ3n) is 4.52. The zero-order valence-corrected chi connectivity index (χ0v) is 12.7. The van der Waals surface area contributed by atoms with E-state index in [1.54, 1.807) is 0 Å². The van der Waals surface area contributed by atoms with Gasteiger partial charge < -0.3 is 10.2 Å². The standard InChI is InChI=1S/C18H22N2O2/c21-17-13-16(14-7-3-1-4-8-14)20(12-11-19-17)18(22)15-9-5-2-6-10-15/h1-5,7-8,15-16H,6,9-13H2,(H,19,21). The maximum Gasteiger partial charge on any atom is 0.226 e. The van der Waals surface area contributed by atoms with E-state index in [-0.39, 0.29) is 23.8 Å². The van der Waals surface area contributed by atoms with Crippen LogP contribution in [0.1, 0.15) is 37.3 Å². The van der Waals surface area contributed by atoms with E-state index in [2.05, 4.69) is 17.5 Å². The first-order chi connectivity index (χ1) is 10.8. The second-order valence-corrected chi connectivity index (χ2v) is 5.99. The van der Waals surface area contributed by atoms with Crippen LogP contribution in [0, 0.1) is 5.92 Å². The Hall–Kier alpha value is -2.10. The number of allylic oxidation sites excluding steroid dienone is 2. The van der Waals surface area contributed by atoms with Crippen LogP contribution in [0.3, 0.4) is 0 Å². The van der Waals surface area contributed by atoms with Crippen LogP contribution in [0.2, 0.25) is 0 Å². The van der Waals surface area contributed by atoms with Crippen LogP contribution in [0.4, 0.5) is 0 Å². The van der Waals surface area contributed by atoms with Gasteiger partial charge in [-0.05, 0) is 24.8 Å². The van der Waals surface area contributed by atoms with Gasteiger partial charge in [-0.25, -0.2) is 0 Å². The molecule has 1 aromatic rings. The second-order valence-electron chi connectivity index (χ2n) is 5.99. The molecule has 2 unspecified atom stereocenters. The summed E-state index contributed by atoms with van der Waals surface area (Å²) in [4.78, 5) is 26.8. The molecule has 1 saturated heterocycles. The molecule has 0 spiro atoms. The summed E-state index contributed by atoms with van der Waals surface area (Å²) in [6, 6.07) is 9.74. The van der Waals surface area contributed by atoms with E-state index in [4.69, 9.17) is 0 Å². The van der Waals surface area contributed by atoms with Crippen molar-refractivity contribution in [2.24, 2.45) is 5.92 Å². The van der Waals surface area contributed by atoms with Gasteiger partial charge in [-0.1, -0.05) is 42.5 Å². The number of amides is 2. The average Bonchev–Trinajstić information content (AvgIpc) is 2.77. The van der Waals surface area contributed by atoms with Crippen molar-refractivity contribution in [2.45, 2.75) is 31.7 Å². The number of benzene rings is 1. The van der Waals surface area contributed by atoms with Crippen LogP contribution in [-0.2, 0) is 9.59 Å². The maximum absolute atomic E-state index is 12.9. The van der Waals surface area contributed by atoms with Crippen molar-refractivity contribution in [1.82, 2.24) is 10.2 Å².